The van der Waals surface area contributed by atoms with Crippen molar-refractivity contribution in [3.05, 3.63) is 23.8 Å². The van der Waals surface area contributed by atoms with E-state index < -0.39 is 6.04 Å². The van der Waals surface area contributed by atoms with E-state index in [9.17, 15) is 15.0 Å². The molecule has 0 spiro atoms. The van der Waals surface area contributed by atoms with Crippen molar-refractivity contribution in [3.63, 3.8) is 0 Å². The van der Waals surface area contributed by atoms with Gasteiger partial charge in [-0.15, -0.1) is 0 Å². The van der Waals surface area contributed by atoms with Crippen LogP contribution in [-0.2, 0) is 11.2 Å². The molecule has 1 amide bonds. The summed E-state index contributed by atoms with van der Waals surface area (Å²) in [5.41, 5.74) is 6.62. The van der Waals surface area contributed by atoms with Crippen LogP contribution in [-0.4, -0.2) is 28.2 Å². The zero-order valence-corrected chi connectivity index (χ0v) is 11.7. The van der Waals surface area contributed by atoms with Crippen LogP contribution in [0.1, 0.15) is 31.7 Å². The monoisotopic (exact) mass is 278 g/mol. The Balaban J connectivity index is 1.88. The fraction of sp³-hybridized carbons (Fsp3) is 0.533. The summed E-state index contributed by atoms with van der Waals surface area (Å²) in [6.07, 6.45) is 3.51. The Morgan fingerprint density at radius 3 is 2.75 bits per heavy atom. The van der Waals surface area contributed by atoms with Crippen LogP contribution in [0.5, 0.6) is 11.5 Å². The highest BCUT2D eigenvalue weighted by Gasteiger charge is 2.24. The number of nitrogens with one attached hydrogen (secondary N) is 1. The highest BCUT2D eigenvalue weighted by atomic mass is 16.3. The van der Waals surface area contributed by atoms with Gasteiger partial charge in [0.2, 0.25) is 5.91 Å². The van der Waals surface area contributed by atoms with Crippen LogP contribution in [0, 0.1) is 5.92 Å². The number of phenols is 2. The summed E-state index contributed by atoms with van der Waals surface area (Å²) in [5.74, 6) is 0.133. The lowest BCUT2D eigenvalue weighted by Crippen LogP contribution is -2.45. The first-order valence-electron chi connectivity index (χ1n) is 7.02. The zero-order chi connectivity index (χ0) is 14.7. The number of rotatable bonds is 4. The summed E-state index contributed by atoms with van der Waals surface area (Å²) in [4.78, 5) is 12.0. The fourth-order valence-corrected chi connectivity index (χ4v) is 2.69. The summed E-state index contributed by atoms with van der Waals surface area (Å²) in [6.45, 7) is 2.19. The molecule has 1 aromatic rings. The van der Waals surface area contributed by atoms with Gasteiger partial charge >= 0.3 is 0 Å². The SMILES string of the molecule is CC1CCC(NC(=O)[C@@H](N)Cc2ccc(O)c(O)c2)C1. The van der Waals surface area contributed by atoms with E-state index >= 15 is 0 Å². The van der Waals surface area contributed by atoms with E-state index in [0.717, 1.165) is 24.8 Å². The molecule has 2 rings (SSSR count). The molecule has 0 heterocycles. The van der Waals surface area contributed by atoms with Gasteiger partial charge in [0.15, 0.2) is 11.5 Å². The van der Waals surface area contributed by atoms with Gasteiger partial charge in [-0.2, -0.15) is 0 Å². The maximum atomic E-state index is 12.0. The molecule has 2 unspecified atom stereocenters. The molecule has 1 aliphatic rings. The molecule has 0 aliphatic heterocycles. The second-order valence-electron chi connectivity index (χ2n) is 5.76. The van der Waals surface area contributed by atoms with Crippen LogP contribution in [0.2, 0.25) is 0 Å². The first-order valence-corrected chi connectivity index (χ1v) is 7.02. The third-order valence-corrected chi connectivity index (χ3v) is 3.87. The minimum absolute atomic E-state index is 0.156. The van der Waals surface area contributed by atoms with E-state index in [1.165, 1.54) is 12.1 Å². The molecule has 1 fully saturated rings. The molecule has 110 valence electrons. The number of nitrogens with two attached hydrogens (primary N) is 1. The number of phenolic OH excluding ortho intramolecular Hbond substituents is 2. The first kappa shape index (κ1) is 14.7. The predicted molar refractivity (Wildman–Crippen MR) is 76.4 cm³/mol. The molecule has 0 aromatic heterocycles. The van der Waals surface area contributed by atoms with Gasteiger partial charge in [0.05, 0.1) is 6.04 Å². The van der Waals surface area contributed by atoms with Crippen LogP contribution >= 0.6 is 0 Å². The van der Waals surface area contributed by atoms with Crippen LogP contribution in [0.25, 0.3) is 0 Å². The number of aromatic hydroxyl groups is 2. The molecule has 5 heteroatoms. The van der Waals surface area contributed by atoms with E-state index in [1.807, 2.05) is 0 Å². The van der Waals surface area contributed by atoms with E-state index in [4.69, 9.17) is 5.73 Å². The highest BCUT2D eigenvalue weighted by Crippen LogP contribution is 2.26. The molecule has 0 bridgehead atoms. The van der Waals surface area contributed by atoms with Crippen molar-refractivity contribution in [1.29, 1.82) is 0 Å². The second-order valence-corrected chi connectivity index (χ2v) is 5.76. The third-order valence-electron chi connectivity index (χ3n) is 3.87. The molecule has 3 atom stereocenters. The van der Waals surface area contributed by atoms with Crippen molar-refractivity contribution in [2.45, 2.75) is 44.7 Å². The molecular weight excluding hydrogens is 256 g/mol. The Morgan fingerprint density at radius 1 is 1.40 bits per heavy atom. The van der Waals surface area contributed by atoms with Gasteiger partial charge in [0.1, 0.15) is 0 Å². The number of amides is 1. The van der Waals surface area contributed by atoms with Crippen molar-refractivity contribution in [1.82, 2.24) is 5.32 Å². The van der Waals surface area contributed by atoms with Crippen LogP contribution in [0.3, 0.4) is 0 Å². The largest absolute Gasteiger partial charge is 0.504 e. The van der Waals surface area contributed by atoms with Gasteiger partial charge in [-0.3, -0.25) is 4.79 Å². The van der Waals surface area contributed by atoms with Gasteiger partial charge < -0.3 is 21.3 Å². The predicted octanol–water partition coefficient (Wildman–Crippen LogP) is 1.27. The molecule has 5 nitrogen and oxygen atoms in total. The fourth-order valence-electron chi connectivity index (χ4n) is 2.69. The minimum Gasteiger partial charge on any atom is -0.504 e. The third kappa shape index (κ3) is 3.63. The molecule has 0 saturated heterocycles. The van der Waals surface area contributed by atoms with E-state index in [2.05, 4.69) is 12.2 Å². The lowest BCUT2D eigenvalue weighted by molar-refractivity contribution is -0.123. The molecule has 1 saturated carbocycles. The van der Waals surface area contributed by atoms with Crippen LogP contribution in [0.15, 0.2) is 18.2 Å². The van der Waals surface area contributed by atoms with Gasteiger partial charge in [-0.05, 0) is 49.3 Å². The van der Waals surface area contributed by atoms with Crippen molar-refractivity contribution < 1.29 is 15.0 Å². The van der Waals surface area contributed by atoms with Gasteiger partial charge in [0.25, 0.3) is 0 Å². The quantitative estimate of drug-likeness (QED) is 0.624. The lowest BCUT2D eigenvalue weighted by Gasteiger charge is -2.17. The Hall–Kier alpha value is -1.75. The Morgan fingerprint density at radius 2 is 2.15 bits per heavy atom. The van der Waals surface area contributed by atoms with Gasteiger partial charge in [0, 0.05) is 6.04 Å². The molecule has 1 aliphatic carbocycles. The molecule has 1 aromatic carbocycles. The smallest absolute Gasteiger partial charge is 0.237 e. The molecular formula is C15H22N2O3. The summed E-state index contributed by atoms with van der Waals surface area (Å²) in [5, 5.41) is 21.6. The van der Waals surface area contributed by atoms with E-state index in [0.29, 0.717) is 12.3 Å². The standard InChI is InChI=1S/C15H22N2O3/c1-9-2-4-11(6-9)17-15(20)12(16)7-10-3-5-13(18)14(19)8-10/h3,5,8-9,11-12,18-19H,2,4,6-7,16H2,1H3,(H,17,20)/t9?,11?,12-/m0/s1. The number of hydrogen-bond donors (Lipinski definition) is 4. The normalized spacial score (nSPS) is 23.5. The van der Waals surface area contributed by atoms with Crippen molar-refractivity contribution in [2.24, 2.45) is 11.7 Å². The summed E-state index contributed by atoms with van der Waals surface area (Å²) in [7, 11) is 0. The Kier molecular flexibility index (Phi) is 4.49. The average molecular weight is 278 g/mol. The van der Waals surface area contributed by atoms with Gasteiger partial charge in [-0.25, -0.2) is 0 Å². The van der Waals surface area contributed by atoms with Crippen molar-refractivity contribution in [3.8, 4) is 11.5 Å². The molecule has 5 N–H and O–H groups in total. The topological polar surface area (TPSA) is 95.6 Å². The maximum absolute atomic E-state index is 12.0. The Labute approximate surface area is 118 Å². The van der Waals surface area contributed by atoms with Crippen molar-refractivity contribution >= 4 is 5.91 Å². The average Bonchev–Trinajstić information content (AvgIpc) is 2.79. The van der Waals surface area contributed by atoms with Crippen LogP contribution in [0.4, 0.5) is 0 Å². The summed E-state index contributed by atoms with van der Waals surface area (Å²) < 4.78 is 0. The Bertz CT molecular complexity index is 490. The summed E-state index contributed by atoms with van der Waals surface area (Å²) in [6, 6.07) is 4.07. The molecule has 20 heavy (non-hydrogen) atoms. The minimum atomic E-state index is -0.644. The number of carbonyl (C=O) groups excluding carboxylic acids is 1. The van der Waals surface area contributed by atoms with Crippen LogP contribution < -0.4 is 11.1 Å². The van der Waals surface area contributed by atoms with Gasteiger partial charge in [-0.1, -0.05) is 13.0 Å². The number of benzene rings is 1. The first-order chi connectivity index (χ1) is 9.45. The molecule has 0 radical (unpaired) electrons. The second kappa shape index (κ2) is 6.13. The maximum Gasteiger partial charge on any atom is 0.237 e. The van der Waals surface area contributed by atoms with Crippen molar-refractivity contribution in [2.75, 3.05) is 0 Å². The zero-order valence-electron chi connectivity index (χ0n) is 11.7. The van der Waals surface area contributed by atoms with E-state index in [-0.39, 0.29) is 23.4 Å². The summed E-state index contributed by atoms with van der Waals surface area (Å²) >= 11 is 0. The highest BCUT2D eigenvalue weighted by molar-refractivity contribution is 5.82. The lowest BCUT2D eigenvalue weighted by atomic mass is 10.0. The number of hydrogen-bond acceptors (Lipinski definition) is 4. The number of carbonyl (C=O) groups is 1. The van der Waals surface area contributed by atoms with E-state index in [1.54, 1.807) is 6.07 Å².